The summed E-state index contributed by atoms with van der Waals surface area (Å²) in [6.45, 7) is 0.675. The Hall–Kier alpha value is -2.19. The molecule has 0 saturated carbocycles. The lowest BCUT2D eigenvalue weighted by Crippen LogP contribution is -2.31. The van der Waals surface area contributed by atoms with Crippen LogP contribution in [0.15, 0.2) is 47.6 Å². The number of hydrogen-bond acceptors (Lipinski definition) is 6. The molecule has 1 aromatic carbocycles. The van der Waals surface area contributed by atoms with Crippen LogP contribution in [-0.2, 0) is 10.0 Å². The summed E-state index contributed by atoms with van der Waals surface area (Å²) in [7, 11) is -2.06. The van der Waals surface area contributed by atoms with Crippen molar-refractivity contribution < 1.29 is 17.9 Å². The molecule has 0 N–H and O–H groups in total. The molecule has 1 aliphatic rings. The highest BCUT2D eigenvalue weighted by Crippen LogP contribution is 2.25. The average molecular weight is 335 g/mol. The fraction of sp³-hybridized carbons (Fsp3) is 0.333. The first-order valence-corrected chi connectivity index (χ1v) is 8.61. The SMILES string of the molecule is COc1cccc(S(=O)(=O)N2CCC(Oc3ncccn3)C2)c1. The Balaban J connectivity index is 1.72. The third-order valence-corrected chi connectivity index (χ3v) is 5.46. The third kappa shape index (κ3) is 3.43. The highest BCUT2D eigenvalue weighted by atomic mass is 32.2. The minimum absolute atomic E-state index is 0.216. The Kier molecular flexibility index (Phi) is 4.44. The molecule has 1 fully saturated rings. The first-order valence-electron chi connectivity index (χ1n) is 7.17. The molecule has 1 unspecified atom stereocenters. The summed E-state index contributed by atoms with van der Waals surface area (Å²) >= 11 is 0. The van der Waals surface area contributed by atoms with Crippen molar-refractivity contribution in [3.05, 3.63) is 42.7 Å². The summed E-state index contributed by atoms with van der Waals surface area (Å²) < 4.78 is 37.5. The molecule has 1 saturated heterocycles. The average Bonchev–Trinajstić information content (AvgIpc) is 3.05. The zero-order chi connectivity index (χ0) is 16.3. The Morgan fingerprint density at radius 2 is 2.00 bits per heavy atom. The quantitative estimate of drug-likeness (QED) is 0.820. The standard InChI is InChI=1S/C15H17N3O4S/c1-21-12-4-2-5-14(10-12)23(19,20)18-9-6-13(11-18)22-15-16-7-3-8-17-15/h2-5,7-8,10,13H,6,9,11H2,1H3. The van der Waals surface area contributed by atoms with Crippen LogP contribution in [0.25, 0.3) is 0 Å². The smallest absolute Gasteiger partial charge is 0.316 e. The van der Waals surface area contributed by atoms with Crippen molar-refractivity contribution in [3.8, 4) is 11.8 Å². The van der Waals surface area contributed by atoms with Crippen molar-refractivity contribution in [1.82, 2.24) is 14.3 Å². The number of benzene rings is 1. The Morgan fingerprint density at radius 3 is 2.74 bits per heavy atom. The molecular formula is C15H17N3O4S. The molecule has 8 heteroatoms. The molecule has 1 aromatic heterocycles. The van der Waals surface area contributed by atoms with Gasteiger partial charge in [-0.2, -0.15) is 4.31 Å². The van der Waals surface area contributed by atoms with Crippen LogP contribution in [0.5, 0.6) is 11.8 Å². The van der Waals surface area contributed by atoms with Gasteiger partial charge in [0, 0.05) is 25.0 Å². The van der Waals surface area contributed by atoms with Crippen LogP contribution in [0.4, 0.5) is 0 Å². The molecule has 3 rings (SSSR count). The summed E-state index contributed by atoms with van der Waals surface area (Å²) in [5, 5.41) is 0. The molecule has 122 valence electrons. The van der Waals surface area contributed by atoms with Gasteiger partial charge in [0.15, 0.2) is 0 Å². The lowest BCUT2D eigenvalue weighted by atomic mass is 10.3. The van der Waals surface area contributed by atoms with Gasteiger partial charge < -0.3 is 9.47 Å². The molecule has 0 aliphatic carbocycles. The normalized spacial score (nSPS) is 18.7. The summed E-state index contributed by atoms with van der Waals surface area (Å²) in [4.78, 5) is 8.20. The van der Waals surface area contributed by atoms with Gasteiger partial charge in [0.2, 0.25) is 10.0 Å². The molecular weight excluding hydrogens is 318 g/mol. The molecule has 7 nitrogen and oxygen atoms in total. The van der Waals surface area contributed by atoms with Crippen molar-refractivity contribution in [2.75, 3.05) is 20.2 Å². The van der Waals surface area contributed by atoms with E-state index in [0.29, 0.717) is 18.7 Å². The van der Waals surface area contributed by atoms with Gasteiger partial charge in [-0.1, -0.05) is 6.07 Å². The van der Waals surface area contributed by atoms with Gasteiger partial charge >= 0.3 is 6.01 Å². The first-order chi connectivity index (χ1) is 11.1. The number of rotatable bonds is 5. The van der Waals surface area contributed by atoms with Crippen molar-refractivity contribution in [3.63, 3.8) is 0 Å². The van der Waals surface area contributed by atoms with Crippen LogP contribution in [0.3, 0.4) is 0 Å². The van der Waals surface area contributed by atoms with Crippen molar-refractivity contribution in [1.29, 1.82) is 0 Å². The topological polar surface area (TPSA) is 81.6 Å². The maximum atomic E-state index is 12.7. The lowest BCUT2D eigenvalue weighted by Gasteiger charge is -2.17. The third-order valence-electron chi connectivity index (χ3n) is 3.60. The highest BCUT2D eigenvalue weighted by Gasteiger charge is 2.34. The molecule has 0 bridgehead atoms. The van der Waals surface area contributed by atoms with Gasteiger partial charge in [-0.25, -0.2) is 18.4 Å². The van der Waals surface area contributed by atoms with Crippen LogP contribution in [0, 0.1) is 0 Å². The second kappa shape index (κ2) is 6.51. The summed E-state index contributed by atoms with van der Waals surface area (Å²) in [6.07, 6.45) is 3.52. The Morgan fingerprint density at radius 1 is 1.22 bits per heavy atom. The van der Waals surface area contributed by atoms with Crippen molar-refractivity contribution in [2.45, 2.75) is 17.4 Å². The van der Waals surface area contributed by atoms with E-state index in [1.54, 1.807) is 36.7 Å². The molecule has 0 radical (unpaired) electrons. The minimum atomic E-state index is -3.56. The van der Waals surface area contributed by atoms with Crippen LogP contribution < -0.4 is 9.47 Å². The van der Waals surface area contributed by atoms with Gasteiger partial charge in [0.25, 0.3) is 0 Å². The van der Waals surface area contributed by atoms with E-state index in [0.717, 1.165) is 0 Å². The summed E-state index contributed by atoms with van der Waals surface area (Å²) in [5.41, 5.74) is 0. The van der Waals surface area contributed by atoms with Gasteiger partial charge in [-0.05, 0) is 24.6 Å². The fourth-order valence-electron chi connectivity index (χ4n) is 2.42. The van der Waals surface area contributed by atoms with Crippen molar-refractivity contribution in [2.24, 2.45) is 0 Å². The second-order valence-corrected chi connectivity index (χ2v) is 7.04. The van der Waals surface area contributed by atoms with E-state index < -0.39 is 10.0 Å². The van der Waals surface area contributed by atoms with Gasteiger partial charge in [-0.3, -0.25) is 0 Å². The zero-order valence-electron chi connectivity index (χ0n) is 12.6. The van der Waals surface area contributed by atoms with Crippen LogP contribution in [0.1, 0.15) is 6.42 Å². The number of aromatic nitrogens is 2. The molecule has 23 heavy (non-hydrogen) atoms. The van der Waals surface area contributed by atoms with E-state index in [1.807, 2.05) is 0 Å². The minimum Gasteiger partial charge on any atom is -0.497 e. The molecule has 2 heterocycles. The number of sulfonamides is 1. The molecule has 1 aliphatic heterocycles. The van der Waals surface area contributed by atoms with Crippen LogP contribution >= 0.6 is 0 Å². The van der Waals surface area contributed by atoms with Gasteiger partial charge in [0.1, 0.15) is 11.9 Å². The number of hydrogen-bond donors (Lipinski definition) is 0. The highest BCUT2D eigenvalue weighted by molar-refractivity contribution is 7.89. The van der Waals surface area contributed by atoms with E-state index >= 15 is 0 Å². The Bertz CT molecular complexity index is 767. The predicted molar refractivity (Wildman–Crippen MR) is 82.8 cm³/mol. The molecule has 0 spiro atoms. The van der Waals surface area contributed by atoms with E-state index in [-0.39, 0.29) is 23.6 Å². The van der Waals surface area contributed by atoms with Crippen LogP contribution in [0.2, 0.25) is 0 Å². The van der Waals surface area contributed by atoms with Gasteiger partial charge in [-0.15, -0.1) is 0 Å². The maximum absolute atomic E-state index is 12.7. The fourth-order valence-corrected chi connectivity index (χ4v) is 3.94. The second-order valence-electron chi connectivity index (χ2n) is 5.10. The lowest BCUT2D eigenvalue weighted by molar-refractivity contribution is 0.197. The van der Waals surface area contributed by atoms with Gasteiger partial charge in [0.05, 0.1) is 18.6 Å². The number of ether oxygens (including phenoxy) is 2. The van der Waals surface area contributed by atoms with E-state index in [9.17, 15) is 8.42 Å². The zero-order valence-corrected chi connectivity index (χ0v) is 13.4. The molecule has 2 aromatic rings. The monoisotopic (exact) mass is 335 g/mol. The Labute approximate surface area is 134 Å². The maximum Gasteiger partial charge on any atom is 0.316 e. The number of nitrogens with zero attached hydrogens (tertiary/aromatic N) is 3. The first kappa shape index (κ1) is 15.7. The summed E-state index contributed by atoms with van der Waals surface area (Å²) in [6, 6.07) is 8.41. The largest absolute Gasteiger partial charge is 0.497 e. The summed E-state index contributed by atoms with van der Waals surface area (Å²) in [5.74, 6) is 0.510. The molecule has 0 amide bonds. The number of methoxy groups -OCH3 is 1. The van der Waals surface area contributed by atoms with Crippen LogP contribution in [-0.4, -0.2) is 49.0 Å². The van der Waals surface area contributed by atoms with E-state index in [4.69, 9.17) is 9.47 Å². The van der Waals surface area contributed by atoms with Crippen molar-refractivity contribution >= 4 is 10.0 Å². The van der Waals surface area contributed by atoms with E-state index in [2.05, 4.69) is 9.97 Å². The molecule has 1 atom stereocenters. The van der Waals surface area contributed by atoms with E-state index in [1.165, 1.54) is 17.5 Å². The predicted octanol–water partition coefficient (Wildman–Crippen LogP) is 1.33.